The largest absolute Gasteiger partial charge is 0.465 e. The van der Waals surface area contributed by atoms with Gasteiger partial charge in [-0.1, -0.05) is 0 Å². The average Bonchev–Trinajstić information content (AvgIpc) is 2.75. The number of piperidine rings is 1. The molecule has 1 aromatic heterocycles. The van der Waals surface area contributed by atoms with Gasteiger partial charge in [-0.3, -0.25) is 9.48 Å². The highest BCUT2D eigenvalue weighted by Crippen LogP contribution is 2.54. The summed E-state index contributed by atoms with van der Waals surface area (Å²) in [6.45, 7) is 8.33. The zero-order valence-electron chi connectivity index (χ0n) is 15.2. The molecular formula is C18H26N4O3. The lowest BCUT2D eigenvalue weighted by Crippen LogP contribution is -2.63. The third-order valence-electron chi connectivity index (χ3n) is 6.17. The molecule has 25 heavy (non-hydrogen) atoms. The van der Waals surface area contributed by atoms with Crippen LogP contribution in [0.15, 0.2) is 6.07 Å². The number of hydrogen-bond donors (Lipinski definition) is 1. The van der Waals surface area contributed by atoms with Gasteiger partial charge in [0.2, 0.25) is 0 Å². The minimum atomic E-state index is -0.812. The standard InChI is InChI=1S/C18H26N4O3/c1-12-6-15(21-5-4-14(23)9-17(21,2)3)19-22(12)13-7-18(8-13)10-20(11-18)16(24)25/h6,13H,4-5,7-11H2,1-3H3,(H,24,25). The zero-order chi connectivity index (χ0) is 18.0. The van der Waals surface area contributed by atoms with Gasteiger partial charge in [-0.2, -0.15) is 5.10 Å². The van der Waals surface area contributed by atoms with E-state index in [0.717, 1.165) is 30.9 Å². The Hall–Kier alpha value is -2.05. The molecule has 1 aliphatic carbocycles. The molecule has 136 valence electrons. The monoisotopic (exact) mass is 346 g/mol. The van der Waals surface area contributed by atoms with Crippen molar-refractivity contribution >= 4 is 17.7 Å². The quantitative estimate of drug-likeness (QED) is 0.890. The van der Waals surface area contributed by atoms with Crippen molar-refractivity contribution in [2.75, 3.05) is 24.5 Å². The normalized spacial score (nSPS) is 25.0. The van der Waals surface area contributed by atoms with Crippen molar-refractivity contribution in [1.29, 1.82) is 0 Å². The van der Waals surface area contributed by atoms with E-state index in [4.69, 9.17) is 10.2 Å². The number of hydrogen-bond acceptors (Lipinski definition) is 4. The van der Waals surface area contributed by atoms with Gasteiger partial charge < -0.3 is 14.9 Å². The van der Waals surface area contributed by atoms with Gasteiger partial charge in [0.1, 0.15) is 5.78 Å². The molecule has 1 N–H and O–H groups in total. The molecule has 1 saturated carbocycles. The maximum absolute atomic E-state index is 11.8. The van der Waals surface area contributed by atoms with Gasteiger partial charge in [-0.05, 0) is 33.6 Å². The maximum atomic E-state index is 11.8. The van der Waals surface area contributed by atoms with E-state index in [2.05, 4.69) is 36.4 Å². The minimum absolute atomic E-state index is 0.179. The molecule has 0 radical (unpaired) electrons. The predicted octanol–water partition coefficient (Wildman–Crippen LogP) is 2.45. The summed E-state index contributed by atoms with van der Waals surface area (Å²) in [5.41, 5.74) is 1.12. The Bertz CT molecular complexity index is 725. The van der Waals surface area contributed by atoms with Gasteiger partial charge in [0.25, 0.3) is 0 Å². The highest BCUT2D eigenvalue weighted by molar-refractivity contribution is 5.82. The molecule has 0 atom stereocenters. The van der Waals surface area contributed by atoms with Crippen LogP contribution in [0.2, 0.25) is 0 Å². The highest BCUT2D eigenvalue weighted by atomic mass is 16.4. The van der Waals surface area contributed by atoms with Crippen LogP contribution in [0.1, 0.15) is 51.3 Å². The summed E-state index contributed by atoms with van der Waals surface area (Å²) < 4.78 is 2.11. The van der Waals surface area contributed by atoms with Crippen molar-refractivity contribution in [2.24, 2.45) is 5.41 Å². The van der Waals surface area contributed by atoms with E-state index < -0.39 is 6.09 Å². The third-order valence-corrected chi connectivity index (χ3v) is 6.17. The number of likely N-dealkylation sites (tertiary alicyclic amines) is 1. The first-order chi connectivity index (χ1) is 11.7. The number of aromatic nitrogens is 2. The first-order valence-electron chi connectivity index (χ1n) is 9.03. The molecule has 0 bridgehead atoms. The topological polar surface area (TPSA) is 78.7 Å². The average molecular weight is 346 g/mol. The molecule has 7 heteroatoms. The molecule has 3 fully saturated rings. The first-order valence-corrected chi connectivity index (χ1v) is 9.03. The van der Waals surface area contributed by atoms with Crippen LogP contribution in [0.4, 0.5) is 10.6 Å². The lowest BCUT2D eigenvalue weighted by atomic mass is 9.61. The lowest BCUT2D eigenvalue weighted by molar-refractivity contribution is -0.121. The van der Waals surface area contributed by atoms with E-state index in [-0.39, 0.29) is 11.0 Å². The second kappa shape index (κ2) is 5.22. The van der Waals surface area contributed by atoms with Gasteiger partial charge in [0.05, 0.1) is 6.04 Å². The number of carboxylic acid groups (broad SMARTS) is 1. The third kappa shape index (κ3) is 2.60. The van der Waals surface area contributed by atoms with E-state index >= 15 is 0 Å². The minimum Gasteiger partial charge on any atom is -0.465 e. The van der Waals surface area contributed by atoms with E-state index in [1.165, 1.54) is 4.90 Å². The Balaban J connectivity index is 1.46. The van der Waals surface area contributed by atoms with E-state index in [1.807, 2.05) is 0 Å². The number of amides is 1. The zero-order valence-corrected chi connectivity index (χ0v) is 15.2. The second-order valence-electron chi connectivity index (χ2n) is 8.72. The number of carbonyl (C=O) groups excluding carboxylic acids is 1. The molecule has 1 amide bonds. The van der Waals surface area contributed by atoms with Gasteiger partial charge in [-0.25, -0.2) is 4.79 Å². The lowest BCUT2D eigenvalue weighted by Gasteiger charge is -2.58. The fourth-order valence-electron chi connectivity index (χ4n) is 4.87. The number of anilines is 1. The molecule has 2 aliphatic heterocycles. The van der Waals surface area contributed by atoms with Crippen molar-refractivity contribution in [3.05, 3.63) is 11.8 Å². The van der Waals surface area contributed by atoms with Gasteiger partial charge in [0.15, 0.2) is 5.82 Å². The number of Topliss-reactive ketones (excluding diaryl/α,β-unsaturated/α-hetero) is 1. The Morgan fingerprint density at radius 3 is 2.60 bits per heavy atom. The van der Waals surface area contributed by atoms with Gasteiger partial charge in [-0.15, -0.1) is 0 Å². The van der Waals surface area contributed by atoms with E-state index in [1.54, 1.807) is 0 Å². The van der Waals surface area contributed by atoms with E-state index in [9.17, 15) is 9.59 Å². The Morgan fingerprint density at radius 1 is 1.32 bits per heavy atom. The number of rotatable bonds is 2. The van der Waals surface area contributed by atoms with Crippen molar-refractivity contribution in [2.45, 2.75) is 58.0 Å². The predicted molar refractivity (Wildman–Crippen MR) is 92.9 cm³/mol. The van der Waals surface area contributed by atoms with Crippen LogP contribution in [-0.4, -0.2) is 56.8 Å². The summed E-state index contributed by atoms with van der Waals surface area (Å²) in [7, 11) is 0. The molecule has 7 nitrogen and oxygen atoms in total. The van der Waals surface area contributed by atoms with Crippen LogP contribution in [0.25, 0.3) is 0 Å². The second-order valence-corrected chi connectivity index (χ2v) is 8.72. The van der Waals surface area contributed by atoms with Gasteiger partial charge in [0, 0.05) is 55.2 Å². The van der Waals surface area contributed by atoms with Crippen molar-refractivity contribution in [3.8, 4) is 0 Å². The maximum Gasteiger partial charge on any atom is 0.407 e. The molecule has 4 rings (SSSR count). The number of ketones is 1. The molecular weight excluding hydrogens is 320 g/mol. The van der Waals surface area contributed by atoms with Crippen molar-refractivity contribution in [1.82, 2.24) is 14.7 Å². The molecule has 3 heterocycles. The molecule has 3 aliphatic rings. The van der Waals surface area contributed by atoms with Crippen molar-refractivity contribution < 1.29 is 14.7 Å². The summed E-state index contributed by atoms with van der Waals surface area (Å²) >= 11 is 0. The fourth-order valence-corrected chi connectivity index (χ4v) is 4.87. The molecule has 0 aromatic carbocycles. The molecule has 2 saturated heterocycles. The highest BCUT2D eigenvalue weighted by Gasteiger charge is 2.55. The number of nitrogens with zero attached hydrogens (tertiary/aromatic N) is 4. The first kappa shape index (κ1) is 16.4. The number of aryl methyl sites for hydroxylation is 1. The van der Waals surface area contributed by atoms with Crippen LogP contribution in [0, 0.1) is 12.3 Å². The van der Waals surface area contributed by atoms with Crippen LogP contribution < -0.4 is 4.90 Å². The summed E-state index contributed by atoms with van der Waals surface area (Å²) in [5, 5.41) is 13.9. The van der Waals surface area contributed by atoms with Crippen molar-refractivity contribution in [3.63, 3.8) is 0 Å². The number of carbonyl (C=O) groups is 2. The van der Waals surface area contributed by atoms with Crippen LogP contribution in [0.3, 0.4) is 0 Å². The Morgan fingerprint density at radius 2 is 2.00 bits per heavy atom. The van der Waals surface area contributed by atoms with Gasteiger partial charge >= 0.3 is 6.09 Å². The SMILES string of the molecule is Cc1cc(N2CCC(=O)CC2(C)C)nn1C1CC2(C1)CN(C(=O)O)C2. The Kier molecular flexibility index (Phi) is 3.43. The molecule has 1 spiro atoms. The molecule has 1 aromatic rings. The fraction of sp³-hybridized carbons (Fsp3) is 0.722. The summed E-state index contributed by atoms with van der Waals surface area (Å²) in [6, 6.07) is 2.48. The van der Waals surface area contributed by atoms with Crippen LogP contribution >= 0.6 is 0 Å². The summed E-state index contributed by atoms with van der Waals surface area (Å²) in [5.74, 6) is 1.28. The Labute approximate surface area is 147 Å². The summed E-state index contributed by atoms with van der Waals surface area (Å²) in [6.07, 6.45) is 2.35. The van der Waals surface area contributed by atoms with E-state index in [0.29, 0.717) is 37.8 Å². The smallest absolute Gasteiger partial charge is 0.407 e. The molecule has 0 unspecified atom stereocenters. The van der Waals surface area contributed by atoms with Crippen LogP contribution in [0.5, 0.6) is 0 Å². The van der Waals surface area contributed by atoms with Crippen LogP contribution in [-0.2, 0) is 4.79 Å². The summed E-state index contributed by atoms with van der Waals surface area (Å²) in [4.78, 5) is 26.5.